The molecule has 2 saturated heterocycles. The van der Waals surface area contributed by atoms with Crippen molar-refractivity contribution < 1.29 is 4.79 Å². The largest absolute Gasteiger partial charge is 0.368 e. The minimum Gasteiger partial charge on any atom is -0.368 e. The second-order valence-corrected chi connectivity index (χ2v) is 6.54. The van der Waals surface area contributed by atoms with Crippen molar-refractivity contribution >= 4 is 36.4 Å². The van der Waals surface area contributed by atoms with Crippen LogP contribution in [0.3, 0.4) is 0 Å². The summed E-state index contributed by atoms with van der Waals surface area (Å²) in [6, 6.07) is 9.19. The number of rotatable bonds is 4. The lowest BCUT2D eigenvalue weighted by atomic mass is 10.1. The maximum Gasteiger partial charge on any atom is 0.222 e. The summed E-state index contributed by atoms with van der Waals surface area (Å²) in [4.78, 5) is 16.8. The molecular formula is C18H29Cl2N3O. The third kappa shape index (κ3) is 5.54. The van der Waals surface area contributed by atoms with Crippen LogP contribution in [0.1, 0.15) is 31.2 Å². The van der Waals surface area contributed by atoms with Crippen molar-refractivity contribution in [2.24, 2.45) is 0 Å². The summed E-state index contributed by atoms with van der Waals surface area (Å²) in [5, 5.41) is 3.47. The Kier molecular flexibility index (Phi) is 8.88. The Bertz CT molecular complexity index is 513. The number of benzene rings is 1. The third-order valence-corrected chi connectivity index (χ3v) is 4.87. The monoisotopic (exact) mass is 373 g/mol. The molecule has 0 bridgehead atoms. The van der Waals surface area contributed by atoms with E-state index in [1.54, 1.807) is 0 Å². The maximum atomic E-state index is 12.3. The van der Waals surface area contributed by atoms with Gasteiger partial charge in [0.1, 0.15) is 0 Å². The molecule has 0 radical (unpaired) electrons. The van der Waals surface area contributed by atoms with Gasteiger partial charge in [0.2, 0.25) is 5.91 Å². The van der Waals surface area contributed by atoms with E-state index in [1.165, 1.54) is 24.1 Å². The van der Waals surface area contributed by atoms with Gasteiger partial charge < -0.3 is 15.1 Å². The molecular weight excluding hydrogens is 345 g/mol. The first-order valence-electron chi connectivity index (χ1n) is 8.55. The molecule has 3 rings (SSSR count). The molecule has 1 N–H and O–H groups in total. The highest BCUT2D eigenvalue weighted by Crippen LogP contribution is 2.18. The van der Waals surface area contributed by atoms with Gasteiger partial charge in [-0.15, -0.1) is 24.8 Å². The quantitative estimate of drug-likeness (QED) is 0.880. The molecule has 0 aromatic heterocycles. The van der Waals surface area contributed by atoms with Crippen LogP contribution in [0, 0.1) is 6.92 Å². The molecule has 1 amide bonds. The molecule has 0 spiro atoms. The lowest BCUT2D eigenvalue weighted by molar-refractivity contribution is -0.131. The maximum absolute atomic E-state index is 12.3. The van der Waals surface area contributed by atoms with E-state index in [0.29, 0.717) is 18.4 Å². The zero-order valence-corrected chi connectivity index (χ0v) is 16.0. The number of nitrogens with one attached hydrogen (secondary N) is 1. The fourth-order valence-electron chi connectivity index (χ4n) is 3.50. The van der Waals surface area contributed by atoms with E-state index < -0.39 is 0 Å². The van der Waals surface area contributed by atoms with Gasteiger partial charge in [0, 0.05) is 44.3 Å². The fraction of sp³-hybridized carbons (Fsp3) is 0.611. The summed E-state index contributed by atoms with van der Waals surface area (Å²) in [5.41, 5.74) is 2.57. The number of carbonyl (C=O) groups is 1. The van der Waals surface area contributed by atoms with Crippen LogP contribution in [0.4, 0.5) is 5.69 Å². The number of piperazine rings is 1. The number of anilines is 1. The number of aryl methyl sites for hydroxylation is 1. The van der Waals surface area contributed by atoms with Gasteiger partial charge in [-0.1, -0.05) is 12.1 Å². The molecule has 1 aromatic rings. The van der Waals surface area contributed by atoms with Crippen LogP contribution in [0.15, 0.2) is 24.3 Å². The molecule has 136 valence electrons. The summed E-state index contributed by atoms with van der Waals surface area (Å²) in [6.45, 7) is 6.83. The van der Waals surface area contributed by atoms with Crippen LogP contribution in [0.25, 0.3) is 0 Å². The smallest absolute Gasteiger partial charge is 0.222 e. The molecule has 2 fully saturated rings. The Balaban J connectivity index is 0.00000144. The summed E-state index contributed by atoms with van der Waals surface area (Å²) in [6.07, 6.45) is 4.18. The second kappa shape index (κ2) is 10.1. The molecule has 6 heteroatoms. The zero-order chi connectivity index (χ0) is 15.4. The highest BCUT2D eigenvalue weighted by molar-refractivity contribution is 5.85. The topological polar surface area (TPSA) is 35.6 Å². The van der Waals surface area contributed by atoms with E-state index in [1.807, 2.05) is 4.90 Å². The Labute approximate surface area is 157 Å². The number of hydrogen-bond acceptors (Lipinski definition) is 3. The van der Waals surface area contributed by atoms with Crippen LogP contribution in [0.5, 0.6) is 0 Å². The predicted octanol–water partition coefficient (Wildman–Crippen LogP) is 3.02. The summed E-state index contributed by atoms with van der Waals surface area (Å²) in [7, 11) is 0. The van der Waals surface area contributed by atoms with Gasteiger partial charge in [0.25, 0.3) is 0 Å². The van der Waals surface area contributed by atoms with Gasteiger partial charge in [-0.25, -0.2) is 0 Å². The van der Waals surface area contributed by atoms with E-state index in [2.05, 4.69) is 41.4 Å². The van der Waals surface area contributed by atoms with E-state index >= 15 is 0 Å². The molecule has 1 unspecified atom stereocenters. The van der Waals surface area contributed by atoms with Crippen molar-refractivity contribution in [2.75, 3.05) is 37.6 Å². The molecule has 1 aromatic carbocycles. The number of hydrogen-bond donors (Lipinski definition) is 1. The van der Waals surface area contributed by atoms with Gasteiger partial charge >= 0.3 is 0 Å². The Morgan fingerprint density at radius 1 is 1.21 bits per heavy atom. The van der Waals surface area contributed by atoms with Crippen molar-refractivity contribution in [3.8, 4) is 0 Å². The van der Waals surface area contributed by atoms with Gasteiger partial charge in [0.05, 0.1) is 0 Å². The fourth-order valence-corrected chi connectivity index (χ4v) is 3.50. The van der Waals surface area contributed by atoms with E-state index in [9.17, 15) is 4.79 Å². The number of nitrogens with zero attached hydrogens (tertiary/aromatic N) is 2. The lowest BCUT2D eigenvalue weighted by Gasteiger charge is -2.36. The summed E-state index contributed by atoms with van der Waals surface area (Å²) >= 11 is 0. The van der Waals surface area contributed by atoms with Crippen molar-refractivity contribution in [3.05, 3.63) is 29.8 Å². The van der Waals surface area contributed by atoms with E-state index in [4.69, 9.17) is 0 Å². The van der Waals surface area contributed by atoms with Crippen LogP contribution < -0.4 is 10.2 Å². The standard InChI is InChI=1S/C18H27N3O.2ClH/c1-15-4-2-6-17(14-15)20-10-12-21(13-11-20)18(22)8-7-16-5-3-9-19-16;;/h2,4,6,14,16,19H,3,5,7-13H2,1H3;2*1H. The molecule has 24 heavy (non-hydrogen) atoms. The first-order chi connectivity index (χ1) is 10.7. The number of amides is 1. The van der Waals surface area contributed by atoms with Crippen molar-refractivity contribution in [2.45, 2.75) is 38.6 Å². The van der Waals surface area contributed by atoms with Crippen LogP contribution in [0.2, 0.25) is 0 Å². The van der Waals surface area contributed by atoms with Crippen LogP contribution in [-0.2, 0) is 4.79 Å². The molecule has 4 nitrogen and oxygen atoms in total. The Morgan fingerprint density at radius 3 is 2.58 bits per heavy atom. The summed E-state index contributed by atoms with van der Waals surface area (Å²) < 4.78 is 0. The lowest BCUT2D eigenvalue weighted by Crippen LogP contribution is -2.49. The molecule has 2 aliphatic heterocycles. The first kappa shape index (κ1) is 21.1. The van der Waals surface area contributed by atoms with Crippen molar-refractivity contribution in [3.63, 3.8) is 0 Å². The number of carbonyl (C=O) groups excluding carboxylic acids is 1. The third-order valence-electron chi connectivity index (χ3n) is 4.87. The normalized spacial score (nSPS) is 20.3. The average Bonchev–Trinajstić information content (AvgIpc) is 3.06. The zero-order valence-electron chi connectivity index (χ0n) is 14.4. The van der Waals surface area contributed by atoms with Gasteiger partial charge in [-0.3, -0.25) is 4.79 Å². The van der Waals surface area contributed by atoms with Crippen molar-refractivity contribution in [1.82, 2.24) is 10.2 Å². The van der Waals surface area contributed by atoms with Crippen LogP contribution in [-0.4, -0.2) is 49.6 Å². The SMILES string of the molecule is Cc1cccc(N2CCN(C(=O)CCC3CCCN3)CC2)c1.Cl.Cl. The van der Waals surface area contributed by atoms with E-state index in [-0.39, 0.29) is 24.8 Å². The van der Waals surface area contributed by atoms with Gasteiger partial charge in [0.15, 0.2) is 0 Å². The highest BCUT2D eigenvalue weighted by atomic mass is 35.5. The minimum atomic E-state index is 0. The highest BCUT2D eigenvalue weighted by Gasteiger charge is 2.22. The number of halogens is 2. The minimum absolute atomic E-state index is 0. The average molecular weight is 374 g/mol. The van der Waals surface area contributed by atoms with E-state index in [0.717, 1.165) is 39.1 Å². The van der Waals surface area contributed by atoms with Gasteiger partial charge in [-0.05, 0) is 50.4 Å². The van der Waals surface area contributed by atoms with Gasteiger partial charge in [-0.2, -0.15) is 0 Å². The Morgan fingerprint density at radius 2 is 1.96 bits per heavy atom. The first-order valence-corrected chi connectivity index (χ1v) is 8.55. The van der Waals surface area contributed by atoms with Crippen LogP contribution >= 0.6 is 24.8 Å². The molecule has 0 saturated carbocycles. The van der Waals surface area contributed by atoms with Crippen molar-refractivity contribution in [1.29, 1.82) is 0 Å². The molecule has 1 atom stereocenters. The Hall–Kier alpha value is -0.970. The second-order valence-electron chi connectivity index (χ2n) is 6.54. The molecule has 2 heterocycles. The summed E-state index contributed by atoms with van der Waals surface area (Å²) in [5.74, 6) is 0.331. The molecule has 0 aliphatic carbocycles. The molecule has 2 aliphatic rings. The predicted molar refractivity (Wildman–Crippen MR) is 105 cm³/mol.